The van der Waals surface area contributed by atoms with Gasteiger partial charge >= 0.3 is 5.97 Å². The number of carboxylic acid groups (broad SMARTS) is 1. The molecule has 0 bridgehead atoms. The number of allylic oxidation sites excluding steroid dienone is 1. The van der Waals surface area contributed by atoms with E-state index in [2.05, 4.69) is 35.1 Å². The van der Waals surface area contributed by atoms with Crippen LogP contribution in [0.1, 0.15) is 221 Å². The Balaban J connectivity index is 0.996. The van der Waals surface area contributed by atoms with Gasteiger partial charge < -0.3 is 200 Å². The lowest BCUT2D eigenvalue weighted by Gasteiger charge is -2.51. The molecule has 0 radical (unpaired) electrons. The smallest absolute Gasteiger partial charge is 0.364 e. The van der Waals surface area contributed by atoms with Gasteiger partial charge in [0, 0.05) is 33.6 Å². The monoisotopic (exact) mass is 1910 g/mol. The summed E-state index contributed by atoms with van der Waals surface area (Å²) in [5.74, 6) is -8.06. The minimum Gasteiger partial charge on any atom is -0.477 e. The second kappa shape index (κ2) is 58.7. The zero-order chi connectivity index (χ0) is 97.1. The van der Waals surface area contributed by atoms with Crippen LogP contribution in [0.4, 0.5) is 0 Å². The van der Waals surface area contributed by atoms with E-state index < -0.39 is 315 Å². The first kappa shape index (κ1) is 115. The Morgan fingerprint density at radius 1 is 0.402 bits per heavy atom. The number of carbonyl (C=O) groups excluding carboxylic acids is 4. The Morgan fingerprint density at radius 2 is 0.765 bits per heavy atom. The summed E-state index contributed by atoms with van der Waals surface area (Å²) in [5.41, 5.74) is 0. The van der Waals surface area contributed by atoms with Gasteiger partial charge in [0.05, 0.1) is 77.1 Å². The molecule has 0 spiro atoms. The average molecular weight is 1910 g/mol. The number of carbonyl (C=O) groups is 5. The molecule has 7 aliphatic heterocycles. The third-order valence-electron chi connectivity index (χ3n) is 25.2. The molecule has 7 rings (SSSR count). The molecule has 0 aromatic heterocycles. The highest BCUT2D eigenvalue weighted by Crippen LogP contribution is 2.40. The van der Waals surface area contributed by atoms with Gasteiger partial charge in [0.25, 0.3) is 5.79 Å². The van der Waals surface area contributed by atoms with E-state index >= 15 is 0 Å². The molecule has 7 fully saturated rings. The lowest BCUT2D eigenvalue weighted by atomic mass is 9.88. The zero-order valence-electron chi connectivity index (χ0n) is 76.3. The third-order valence-corrected chi connectivity index (χ3v) is 25.2. The van der Waals surface area contributed by atoms with E-state index in [9.17, 15) is 136 Å². The number of nitrogens with one attached hydrogen (secondary N) is 4. The quantitative estimate of drug-likeness (QED) is 0.0200. The molecule has 7 saturated heterocycles. The molecule has 0 aromatic carbocycles. The van der Waals surface area contributed by atoms with Crippen molar-refractivity contribution >= 4 is 29.6 Å². The summed E-state index contributed by atoms with van der Waals surface area (Å²) in [7, 11) is 0. The van der Waals surface area contributed by atoms with Gasteiger partial charge in [-0.15, -0.1) is 0 Å². The van der Waals surface area contributed by atoms with Gasteiger partial charge in [-0.1, -0.05) is 180 Å². The van der Waals surface area contributed by atoms with E-state index in [1.807, 2.05) is 6.08 Å². The lowest BCUT2D eigenvalue weighted by Crippen LogP contribution is -2.71. The van der Waals surface area contributed by atoms with Crippen molar-refractivity contribution in [3.63, 3.8) is 0 Å². The maximum atomic E-state index is 13.6. The molecule has 768 valence electrons. The van der Waals surface area contributed by atoms with Crippen LogP contribution in [-0.4, -0.2) is 427 Å². The van der Waals surface area contributed by atoms with Gasteiger partial charge in [-0.05, 0) is 19.3 Å². The van der Waals surface area contributed by atoms with E-state index in [-0.39, 0.29) is 12.3 Å². The highest BCUT2D eigenvalue weighted by atomic mass is 16.8. The predicted molar refractivity (Wildman–Crippen MR) is 455 cm³/mol. The van der Waals surface area contributed by atoms with Crippen molar-refractivity contribution in [3.8, 4) is 0 Å². The standard InChI is InChI=1S/C87H154N4O41/c1-6-8-10-12-14-16-18-20-21-23-25-27-29-31-33-35-58(104)91-48(49(101)34-32-30-28-26-24-22-19-17-15-13-11-9-7-2)43-119-82-71(114)69(112)76(56(42-97)125-82)129-85-73(116)79(65(108)53(39-94)122-85)131-81-61(90-47(5)100)67(110)75(55(41-96)124-81)128-84-72(115)78(64(107)52(38-93)121-84)130-80-60(89-46(4)99)66(109)74(54(40-95)123-80)127-83-70(113)68(111)63(106)57(126-83)44-120-87(86(117)118)36-50(102)59(88-45(3)98)77(132-87)62(105)51(103)37-92/h32,34,48-57,59-85,92-97,101-103,105-116H,6-31,33,35-44H2,1-5H3,(H,88,98)(H,89,99)(H,90,100)(H,91,104)(H,117,118)/b34-32+/t48-,49+,50?,51+,52?,53?,54?,55?,56?,57?,59+,60?,61?,62+,63-,64-,65-,66+,67+,68-,69+,70?,71?,72?,73?,74+,75+,76+,77?,78-,79-,80-,81-,82+,83-,84-,85-,87+/m0/s1. The van der Waals surface area contributed by atoms with Crippen molar-refractivity contribution in [1.29, 1.82) is 0 Å². The number of amides is 4. The van der Waals surface area contributed by atoms with Crippen LogP contribution in [0.5, 0.6) is 0 Å². The summed E-state index contributed by atoms with van der Waals surface area (Å²) in [5, 5.41) is 257. The van der Waals surface area contributed by atoms with Crippen molar-refractivity contribution in [2.24, 2.45) is 0 Å². The van der Waals surface area contributed by atoms with E-state index in [0.717, 1.165) is 72.1 Å². The van der Waals surface area contributed by atoms with Gasteiger partial charge in [-0.25, -0.2) is 4.79 Å². The molecule has 4 amide bonds. The summed E-state index contributed by atoms with van der Waals surface area (Å²) in [4.78, 5) is 64.7. The normalized spacial score (nSPS) is 37.3. The number of aliphatic carboxylic acids is 1. The highest BCUT2D eigenvalue weighted by molar-refractivity contribution is 5.77. The van der Waals surface area contributed by atoms with Gasteiger partial charge in [0.15, 0.2) is 37.7 Å². The van der Waals surface area contributed by atoms with E-state index in [0.29, 0.717) is 12.8 Å². The molecule has 45 heteroatoms. The maximum absolute atomic E-state index is 13.6. The molecule has 0 aromatic rings. The molecule has 7 heterocycles. The molecule has 132 heavy (non-hydrogen) atoms. The number of aliphatic hydroxyl groups excluding tert-OH is 21. The predicted octanol–water partition coefficient (Wildman–Crippen LogP) is -5.25. The Kier molecular flexibility index (Phi) is 51.0. The molecule has 26 N–H and O–H groups in total. The van der Waals surface area contributed by atoms with Crippen molar-refractivity contribution in [1.82, 2.24) is 21.3 Å². The van der Waals surface area contributed by atoms with Crippen molar-refractivity contribution < 1.29 is 203 Å². The Bertz CT molecular complexity index is 3300. The van der Waals surface area contributed by atoms with E-state index in [4.69, 9.17) is 66.3 Å². The first-order valence-electron chi connectivity index (χ1n) is 47.1. The Morgan fingerprint density at radius 3 is 1.17 bits per heavy atom. The minimum atomic E-state index is -3.03. The van der Waals surface area contributed by atoms with Gasteiger partial charge in [0.1, 0.15) is 165 Å². The van der Waals surface area contributed by atoms with Crippen molar-refractivity contribution in [2.45, 2.75) is 453 Å². The van der Waals surface area contributed by atoms with Crippen LogP contribution in [0.25, 0.3) is 0 Å². The fourth-order valence-corrected chi connectivity index (χ4v) is 17.6. The second-order valence-electron chi connectivity index (χ2n) is 35.7. The number of unbranched alkanes of at least 4 members (excludes halogenated alkanes) is 25. The lowest BCUT2D eigenvalue weighted by molar-refractivity contribution is -0.387. The van der Waals surface area contributed by atoms with Crippen LogP contribution in [0.2, 0.25) is 0 Å². The maximum Gasteiger partial charge on any atom is 0.364 e. The van der Waals surface area contributed by atoms with Crippen LogP contribution in [0.15, 0.2) is 12.2 Å². The fourth-order valence-electron chi connectivity index (χ4n) is 17.6. The molecule has 0 saturated carbocycles. The van der Waals surface area contributed by atoms with E-state index in [1.54, 1.807) is 6.08 Å². The molecule has 14 unspecified atom stereocenters. The summed E-state index contributed by atoms with van der Waals surface area (Å²) in [6.07, 6.45) is -34.2. The van der Waals surface area contributed by atoms with Gasteiger partial charge in [0.2, 0.25) is 23.6 Å². The topological polar surface area (TPSA) is 708 Å². The summed E-state index contributed by atoms with van der Waals surface area (Å²) < 4.78 is 82.7. The highest BCUT2D eigenvalue weighted by Gasteiger charge is 2.61. The number of hydrogen-bond donors (Lipinski definition) is 26. The number of carboxylic acids is 1. The van der Waals surface area contributed by atoms with Gasteiger partial charge in [-0.3, -0.25) is 19.2 Å². The SMILES string of the molecule is CCCCCCCCCCCCC/C=C/[C@@H](O)[C@H](CO[C@@H]1OC(CO)[C@@H](O[C@@H]2OC(CO)[C@H](O)[C@H](O[C@@H]3OC(CO)[C@@H](O[C@@H]4OC(CO)[C@H](O)[C@H](O[C@@H]5OC(CO)[C@@H](O[C@@H]6OC(CO[C@]7(C(=O)O)CC(O)[C@@H](NC(C)=O)C([C@H](O)[C@H](O)CO)O7)[C@H](O)[C@H](O)C6O)[C@H](O)C5NC(C)=O)C4O)[C@H](O)C3NC(C)=O)C2O)[C@H](O)C1O)NC(=O)CCCCCCCCCCCCCCCCC. The Labute approximate surface area is 768 Å². The number of aliphatic hydroxyl groups is 21. The molecule has 0 aliphatic carbocycles. The van der Waals surface area contributed by atoms with E-state index in [1.165, 1.54) is 109 Å². The average Bonchev–Trinajstić information content (AvgIpc) is 0.768. The van der Waals surface area contributed by atoms with Crippen LogP contribution < -0.4 is 21.3 Å². The van der Waals surface area contributed by atoms with Crippen LogP contribution in [0, 0.1) is 0 Å². The van der Waals surface area contributed by atoms with Crippen LogP contribution in [0.3, 0.4) is 0 Å². The first-order valence-corrected chi connectivity index (χ1v) is 47.1. The van der Waals surface area contributed by atoms with Gasteiger partial charge in [-0.2, -0.15) is 0 Å². The summed E-state index contributed by atoms with van der Waals surface area (Å²) >= 11 is 0. The van der Waals surface area contributed by atoms with Crippen LogP contribution in [-0.2, 0) is 90.3 Å². The molecular formula is C87H154N4O41. The number of rotatable bonds is 59. The second-order valence-corrected chi connectivity index (χ2v) is 35.7. The minimum absolute atomic E-state index is 0.154. The fraction of sp³-hybridized carbons (Fsp3) is 0.920. The summed E-state index contributed by atoms with van der Waals surface area (Å²) in [6.45, 7) is -0.866. The molecule has 7 aliphatic rings. The number of ether oxygens (including phenoxy) is 14. The molecule has 38 atom stereocenters. The zero-order valence-corrected chi connectivity index (χ0v) is 76.3. The Hall–Kier alpha value is -4.31. The van der Waals surface area contributed by atoms with Crippen molar-refractivity contribution in [3.05, 3.63) is 12.2 Å². The third kappa shape index (κ3) is 33.2. The molecule has 45 nitrogen and oxygen atoms in total. The largest absolute Gasteiger partial charge is 0.477 e. The number of hydrogen-bond acceptors (Lipinski definition) is 40. The molecular weight excluding hydrogens is 1760 g/mol. The van der Waals surface area contributed by atoms with Crippen molar-refractivity contribution in [2.75, 3.05) is 52.9 Å². The van der Waals surface area contributed by atoms with Crippen LogP contribution >= 0.6 is 0 Å². The first-order chi connectivity index (χ1) is 63.1. The summed E-state index contributed by atoms with van der Waals surface area (Å²) in [6, 6.07) is -6.57.